The second-order valence-corrected chi connectivity index (χ2v) is 3.55. The molecule has 0 spiro atoms. The molecule has 10 heavy (non-hydrogen) atoms. The van der Waals surface area contributed by atoms with Crippen LogP contribution >= 0.6 is 28.6 Å². The summed E-state index contributed by atoms with van der Waals surface area (Å²) < 4.78 is 1.02. The molecule has 1 rings (SSSR count). The lowest BCUT2D eigenvalue weighted by atomic mass is 10.2. The molecule has 0 radical (unpaired) electrons. The summed E-state index contributed by atoms with van der Waals surface area (Å²) in [6, 6.07) is 3.85. The van der Waals surface area contributed by atoms with Gasteiger partial charge in [0.15, 0.2) is 0 Å². The molecule has 1 aromatic rings. The van der Waals surface area contributed by atoms with Gasteiger partial charge in [0.05, 0.1) is 0 Å². The van der Waals surface area contributed by atoms with Gasteiger partial charge in [0.1, 0.15) is 0 Å². The predicted molar refractivity (Wildman–Crippen MR) is 50.5 cm³/mol. The molecule has 1 nitrogen and oxygen atoms in total. The van der Waals surface area contributed by atoms with E-state index in [1.807, 2.05) is 19.1 Å². The minimum absolute atomic E-state index is 0.756. The molecule has 0 aliphatic heterocycles. The fourth-order valence-electron chi connectivity index (χ4n) is 0.737. The molecule has 0 aliphatic carbocycles. The van der Waals surface area contributed by atoms with E-state index in [0.29, 0.717) is 0 Å². The van der Waals surface area contributed by atoms with Gasteiger partial charge in [0, 0.05) is 15.1 Å². The number of benzene rings is 1. The molecule has 3 heteroatoms. The van der Waals surface area contributed by atoms with Crippen LogP contribution in [0.5, 0.6) is 0 Å². The highest BCUT2D eigenvalue weighted by Gasteiger charge is 1.98. The van der Waals surface area contributed by atoms with Crippen molar-refractivity contribution >= 4 is 34.2 Å². The maximum absolute atomic E-state index is 5.65. The average Bonchev–Trinajstić information content (AvgIpc) is 1.82. The molecule has 0 atom stereocenters. The van der Waals surface area contributed by atoms with Gasteiger partial charge in [0.25, 0.3) is 0 Å². The summed E-state index contributed by atoms with van der Waals surface area (Å²) >= 11 is 7.52. The Hall–Kier alpha value is -0.150. The van der Waals surface area contributed by atoms with E-state index in [1.54, 1.807) is 0 Å². The van der Waals surface area contributed by atoms with E-state index >= 15 is 0 Å². The first-order valence-corrected chi connectivity index (χ1v) is 4.10. The number of halogens is 1. The van der Waals surface area contributed by atoms with Crippen molar-refractivity contribution in [3.63, 3.8) is 0 Å². The van der Waals surface area contributed by atoms with Gasteiger partial charge in [-0.1, -0.05) is 15.9 Å². The van der Waals surface area contributed by atoms with Gasteiger partial charge in [-0.25, -0.2) is 0 Å². The normalized spacial score (nSPS) is 9.90. The van der Waals surface area contributed by atoms with Crippen molar-refractivity contribution in [2.24, 2.45) is 0 Å². The van der Waals surface area contributed by atoms with Gasteiger partial charge in [-0.3, -0.25) is 0 Å². The summed E-state index contributed by atoms with van der Waals surface area (Å²) in [6.07, 6.45) is 0. The van der Waals surface area contributed by atoms with Gasteiger partial charge >= 0.3 is 0 Å². The predicted octanol–water partition coefficient (Wildman–Crippen LogP) is 2.63. The number of hydrogen-bond donors (Lipinski definition) is 2. The SMILES string of the molecule is Cc1cc(Br)cc(S)c1N. The first kappa shape index (κ1) is 7.95. The fourth-order valence-corrected chi connectivity index (χ4v) is 1.80. The number of nitrogen functional groups attached to an aromatic ring is 1. The topological polar surface area (TPSA) is 26.0 Å². The minimum atomic E-state index is 0.756. The summed E-state index contributed by atoms with van der Waals surface area (Å²) in [5.41, 5.74) is 7.46. The van der Waals surface area contributed by atoms with Gasteiger partial charge < -0.3 is 5.73 Å². The highest BCUT2D eigenvalue weighted by Crippen LogP contribution is 2.25. The van der Waals surface area contributed by atoms with E-state index in [1.165, 1.54) is 0 Å². The van der Waals surface area contributed by atoms with Crippen LogP contribution in [0.15, 0.2) is 21.5 Å². The largest absolute Gasteiger partial charge is 0.398 e. The molecule has 0 saturated heterocycles. The zero-order valence-corrected chi connectivity index (χ0v) is 8.04. The third-order valence-electron chi connectivity index (χ3n) is 1.33. The van der Waals surface area contributed by atoms with Gasteiger partial charge in [0.2, 0.25) is 0 Å². The summed E-state index contributed by atoms with van der Waals surface area (Å²) in [6.45, 7) is 1.96. The number of hydrogen-bond acceptors (Lipinski definition) is 2. The second kappa shape index (κ2) is 2.84. The lowest BCUT2D eigenvalue weighted by Crippen LogP contribution is -1.90. The van der Waals surface area contributed by atoms with E-state index in [2.05, 4.69) is 28.6 Å². The van der Waals surface area contributed by atoms with Crippen LogP contribution in [0.4, 0.5) is 5.69 Å². The van der Waals surface area contributed by atoms with Crippen LogP contribution in [-0.2, 0) is 0 Å². The molecule has 0 aromatic heterocycles. The second-order valence-electron chi connectivity index (χ2n) is 2.16. The van der Waals surface area contributed by atoms with Crippen LogP contribution < -0.4 is 5.73 Å². The molecule has 0 aliphatic rings. The first-order chi connectivity index (χ1) is 4.61. The molecule has 0 fully saturated rings. The van der Waals surface area contributed by atoms with Crippen LogP contribution in [0, 0.1) is 6.92 Å². The Kier molecular flexibility index (Phi) is 2.26. The monoisotopic (exact) mass is 217 g/mol. The molecule has 0 bridgehead atoms. The summed E-state index contributed by atoms with van der Waals surface area (Å²) in [5, 5.41) is 0. The Bertz CT molecular complexity index is 237. The maximum atomic E-state index is 5.65. The summed E-state index contributed by atoms with van der Waals surface area (Å²) in [7, 11) is 0. The van der Waals surface area contributed by atoms with Crippen LogP contribution in [0.3, 0.4) is 0 Å². The zero-order chi connectivity index (χ0) is 7.72. The fraction of sp³-hybridized carbons (Fsp3) is 0.143. The number of thiol groups is 1. The van der Waals surface area contributed by atoms with E-state index in [4.69, 9.17) is 5.73 Å². The van der Waals surface area contributed by atoms with Crippen molar-refractivity contribution in [3.8, 4) is 0 Å². The third kappa shape index (κ3) is 1.47. The van der Waals surface area contributed by atoms with Crippen molar-refractivity contribution in [1.29, 1.82) is 0 Å². The molecular formula is C7H8BrNS. The molecular weight excluding hydrogens is 210 g/mol. The molecule has 54 valence electrons. The molecule has 1 aromatic carbocycles. The van der Waals surface area contributed by atoms with Crippen molar-refractivity contribution in [1.82, 2.24) is 0 Å². The average molecular weight is 218 g/mol. The van der Waals surface area contributed by atoms with Crippen molar-refractivity contribution in [2.75, 3.05) is 5.73 Å². The smallest absolute Gasteiger partial charge is 0.0480 e. The Morgan fingerprint density at radius 1 is 1.50 bits per heavy atom. The van der Waals surface area contributed by atoms with Crippen LogP contribution in [0.25, 0.3) is 0 Å². The van der Waals surface area contributed by atoms with Crippen molar-refractivity contribution in [2.45, 2.75) is 11.8 Å². The zero-order valence-electron chi connectivity index (χ0n) is 5.56. The lowest BCUT2D eigenvalue weighted by molar-refractivity contribution is 1.35. The van der Waals surface area contributed by atoms with Crippen LogP contribution in [0.2, 0.25) is 0 Å². The highest BCUT2D eigenvalue weighted by molar-refractivity contribution is 9.10. The molecule has 0 unspecified atom stereocenters. The third-order valence-corrected chi connectivity index (χ3v) is 2.16. The number of nitrogens with two attached hydrogens (primary N) is 1. The number of aryl methyl sites for hydroxylation is 1. The number of rotatable bonds is 0. The van der Waals surface area contributed by atoms with E-state index in [9.17, 15) is 0 Å². The van der Waals surface area contributed by atoms with Crippen molar-refractivity contribution in [3.05, 3.63) is 22.2 Å². The number of anilines is 1. The first-order valence-electron chi connectivity index (χ1n) is 2.86. The Balaban J connectivity index is 3.31. The van der Waals surface area contributed by atoms with Gasteiger partial charge in [-0.2, -0.15) is 0 Å². The van der Waals surface area contributed by atoms with E-state index in [-0.39, 0.29) is 0 Å². The Morgan fingerprint density at radius 2 is 2.10 bits per heavy atom. The minimum Gasteiger partial charge on any atom is -0.398 e. The van der Waals surface area contributed by atoms with Crippen LogP contribution in [-0.4, -0.2) is 0 Å². The molecule has 0 heterocycles. The van der Waals surface area contributed by atoms with Crippen LogP contribution in [0.1, 0.15) is 5.56 Å². The Morgan fingerprint density at radius 3 is 2.60 bits per heavy atom. The molecule has 2 N–H and O–H groups in total. The summed E-state index contributed by atoms with van der Waals surface area (Å²) in [5.74, 6) is 0. The van der Waals surface area contributed by atoms with E-state index in [0.717, 1.165) is 20.6 Å². The maximum Gasteiger partial charge on any atom is 0.0480 e. The highest BCUT2D eigenvalue weighted by atomic mass is 79.9. The standard InChI is InChI=1S/C7H8BrNS/c1-4-2-5(8)3-6(10)7(4)9/h2-3,10H,9H2,1H3. The van der Waals surface area contributed by atoms with E-state index < -0.39 is 0 Å². The van der Waals surface area contributed by atoms with Crippen molar-refractivity contribution < 1.29 is 0 Å². The van der Waals surface area contributed by atoms with Gasteiger partial charge in [-0.15, -0.1) is 12.6 Å². The quantitative estimate of drug-likeness (QED) is 0.508. The molecule has 0 saturated carbocycles. The Labute approximate surface area is 74.2 Å². The summed E-state index contributed by atoms with van der Waals surface area (Å²) in [4.78, 5) is 0.826. The molecule has 0 amide bonds. The lowest BCUT2D eigenvalue weighted by Gasteiger charge is -2.02. The van der Waals surface area contributed by atoms with Gasteiger partial charge in [-0.05, 0) is 24.6 Å².